The maximum atomic E-state index is 13.4. The molecule has 5 rings (SSSR count). The van der Waals surface area contributed by atoms with E-state index in [1.807, 2.05) is 13.8 Å². The van der Waals surface area contributed by atoms with Gasteiger partial charge >= 0.3 is 6.18 Å². The van der Waals surface area contributed by atoms with E-state index in [1.165, 1.54) is 10.7 Å². The number of piperidine rings is 1. The molecular weight excluding hydrogens is 471 g/mol. The molecule has 3 N–H and O–H groups in total. The molecule has 36 heavy (non-hydrogen) atoms. The average Bonchev–Trinajstić information content (AvgIpc) is 3.43. The number of benzene rings is 1. The molecular formula is C25H32F3N7O. The molecule has 2 aliphatic rings. The molecule has 0 saturated carbocycles. The van der Waals surface area contributed by atoms with Gasteiger partial charge in [-0.2, -0.15) is 28.2 Å². The van der Waals surface area contributed by atoms with Gasteiger partial charge in [-0.15, -0.1) is 0 Å². The number of rotatable bonds is 5. The first kappa shape index (κ1) is 24.8. The van der Waals surface area contributed by atoms with Gasteiger partial charge in [0.15, 0.2) is 5.65 Å². The summed E-state index contributed by atoms with van der Waals surface area (Å²) in [5, 5.41) is 22.4. The molecule has 2 atom stereocenters. The summed E-state index contributed by atoms with van der Waals surface area (Å²) in [5.74, 6) is 1.31. The van der Waals surface area contributed by atoms with Gasteiger partial charge in [0, 0.05) is 31.7 Å². The van der Waals surface area contributed by atoms with Crippen LogP contribution in [0.2, 0.25) is 0 Å². The van der Waals surface area contributed by atoms with Crippen LogP contribution in [0.15, 0.2) is 30.5 Å². The number of alkyl halides is 3. The van der Waals surface area contributed by atoms with Crippen LogP contribution in [0.3, 0.4) is 0 Å². The summed E-state index contributed by atoms with van der Waals surface area (Å²) in [6, 6.07) is 5.62. The number of aromatic nitrogens is 4. The highest BCUT2D eigenvalue weighted by Gasteiger charge is 2.33. The molecule has 0 bridgehead atoms. The van der Waals surface area contributed by atoms with Crippen LogP contribution in [0, 0.1) is 5.92 Å². The molecule has 2 aromatic heterocycles. The molecule has 0 unspecified atom stereocenters. The first-order valence-corrected chi connectivity index (χ1v) is 12.4. The topological polar surface area (TPSA) is 91.1 Å². The third-order valence-electron chi connectivity index (χ3n) is 7.30. The predicted octanol–water partition coefficient (Wildman–Crippen LogP) is 3.98. The van der Waals surface area contributed by atoms with E-state index in [0.29, 0.717) is 41.9 Å². The summed E-state index contributed by atoms with van der Waals surface area (Å²) in [6.45, 7) is 7.99. The number of aliphatic hydroxyl groups is 1. The zero-order chi connectivity index (χ0) is 25.7. The van der Waals surface area contributed by atoms with E-state index in [1.54, 1.807) is 12.3 Å². The van der Waals surface area contributed by atoms with Crippen molar-refractivity contribution in [3.63, 3.8) is 0 Å². The Bertz CT molecular complexity index is 1230. The quantitative estimate of drug-likeness (QED) is 0.485. The Morgan fingerprint density at radius 1 is 1.14 bits per heavy atom. The normalized spacial score (nSPS) is 21.9. The second-order valence-electron chi connectivity index (χ2n) is 10.5. The van der Waals surface area contributed by atoms with Gasteiger partial charge in [-0.05, 0) is 64.2 Å². The molecule has 0 spiro atoms. The molecule has 2 saturated heterocycles. The van der Waals surface area contributed by atoms with Crippen LogP contribution >= 0.6 is 0 Å². The van der Waals surface area contributed by atoms with Crippen molar-refractivity contribution in [3.05, 3.63) is 36.0 Å². The minimum atomic E-state index is -4.46. The van der Waals surface area contributed by atoms with Crippen LogP contribution in [-0.2, 0) is 6.18 Å². The van der Waals surface area contributed by atoms with Gasteiger partial charge in [-0.3, -0.25) is 0 Å². The SMILES string of the molecule is C[C@H]1C[C@H](Nc2nc(N3CCC(C(C)(C)O)CC3)c3cnn(-c4cccc(C(F)(F)F)c4)c3n2)CN1. The summed E-state index contributed by atoms with van der Waals surface area (Å²) < 4.78 is 41.6. The van der Waals surface area contributed by atoms with E-state index in [0.717, 1.165) is 37.9 Å². The Balaban J connectivity index is 1.54. The highest BCUT2D eigenvalue weighted by Crippen LogP contribution is 2.35. The largest absolute Gasteiger partial charge is 0.416 e. The fraction of sp³-hybridized carbons (Fsp3) is 0.560. The van der Waals surface area contributed by atoms with Crippen molar-refractivity contribution < 1.29 is 18.3 Å². The van der Waals surface area contributed by atoms with E-state index in [2.05, 4.69) is 27.6 Å². The van der Waals surface area contributed by atoms with Gasteiger partial charge in [0.1, 0.15) is 5.82 Å². The van der Waals surface area contributed by atoms with E-state index in [9.17, 15) is 18.3 Å². The number of nitrogens with zero attached hydrogens (tertiary/aromatic N) is 5. The molecule has 194 valence electrons. The predicted molar refractivity (Wildman–Crippen MR) is 132 cm³/mol. The number of nitrogens with one attached hydrogen (secondary N) is 2. The van der Waals surface area contributed by atoms with E-state index in [-0.39, 0.29) is 17.6 Å². The fourth-order valence-electron chi connectivity index (χ4n) is 5.23. The number of hydrogen-bond acceptors (Lipinski definition) is 7. The van der Waals surface area contributed by atoms with Crippen LogP contribution in [0.25, 0.3) is 16.7 Å². The molecule has 0 aliphatic carbocycles. The molecule has 2 aliphatic heterocycles. The van der Waals surface area contributed by atoms with Crippen molar-refractivity contribution in [1.82, 2.24) is 25.1 Å². The van der Waals surface area contributed by atoms with Crippen molar-refractivity contribution in [2.75, 3.05) is 29.9 Å². The zero-order valence-electron chi connectivity index (χ0n) is 20.7. The van der Waals surface area contributed by atoms with Gasteiger partial charge in [0.05, 0.1) is 28.4 Å². The molecule has 0 amide bonds. The second-order valence-corrected chi connectivity index (χ2v) is 10.5. The summed E-state index contributed by atoms with van der Waals surface area (Å²) in [7, 11) is 0. The summed E-state index contributed by atoms with van der Waals surface area (Å²) in [5.41, 5.74) is -0.755. The monoisotopic (exact) mass is 503 g/mol. The maximum Gasteiger partial charge on any atom is 0.416 e. The van der Waals surface area contributed by atoms with E-state index in [4.69, 9.17) is 9.97 Å². The lowest BCUT2D eigenvalue weighted by Gasteiger charge is -2.38. The molecule has 1 aromatic carbocycles. The lowest BCUT2D eigenvalue weighted by molar-refractivity contribution is -0.137. The van der Waals surface area contributed by atoms with Crippen LogP contribution in [0.4, 0.5) is 24.9 Å². The van der Waals surface area contributed by atoms with Gasteiger partial charge in [-0.1, -0.05) is 6.07 Å². The number of fused-ring (bicyclic) bond motifs is 1. The number of halogens is 3. The van der Waals surface area contributed by atoms with Crippen LogP contribution in [0.1, 0.15) is 45.6 Å². The lowest BCUT2D eigenvalue weighted by Crippen LogP contribution is -2.42. The highest BCUT2D eigenvalue weighted by atomic mass is 19.4. The highest BCUT2D eigenvalue weighted by molar-refractivity contribution is 5.89. The summed E-state index contributed by atoms with van der Waals surface area (Å²) >= 11 is 0. The van der Waals surface area contributed by atoms with Crippen molar-refractivity contribution in [3.8, 4) is 5.69 Å². The Morgan fingerprint density at radius 2 is 1.89 bits per heavy atom. The minimum absolute atomic E-state index is 0.149. The Morgan fingerprint density at radius 3 is 2.53 bits per heavy atom. The van der Waals surface area contributed by atoms with Gasteiger partial charge < -0.3 is 20.6 Å². The number of anilines is 2. The first-order chi connectivity index (χ1) is 17.0. The van der Waals surface area contributed by atoms with Crippen molar-refractivity contribution in [2.45, 2.75) is 63.9 Å². The summed E-state index contributed by atoms with van der Waals surface area (Å²) in [4.78, 5) is 11.7. The standard InChI is InChI=1S/C25H32F3N7O/c1-15-11-18(13-29-15)31-23-32-21(34-9-7-16(8-10-34)24(2,3)36)20-14-30-35(22(20)33-23)19-6-4-5-17(12-19)25(26,27)28/h4-6,12,14-16,18,29,36H,7-11,13H2,1-3H3,(H,31,32,33)/t15-,18-/m0/s1. The Kier molecular flexibility index (Phi) is 6.32. The third-order valence-corrected chi connectivity index (χ3v) is 7.30. The smallest absolute Gasteiger partial charge is 0.390 e. The van der Waals surface area contributed by atoms with Crippen LogP contribution in [-0.4, -0.2) is 62.2 Å². The van der Waals surface area contributed by atoms with Crippen molar-refractivity contribution >= 4 is 22.8 Å². The Labute approximate surface area is 207 Å². The van der Waals surface area contributed by atoms with Gasteiger partial charge in [0.25, 0.3) is 0 Å². The lowest BCUT2D eigenvalue weighted by atomic mass is 9.83. The van der Waals surface area contributed by atoms with Crippen LogP contribution < -0.4 is 15.5 Å². The van der Waals surface area contributed by atoms with E-state index >= 15 is 0 Å². The molecule has 0 radical (unpaired) electrons. The molecule has 11 heteroatoms. The maximum absolute atomic E-state index is 13.4. The molecule has 3 aromatic rings. The van der Waals surface area contributed by atoms with Crippen molar-refractivity contribution in [2.24, 2.45) is 5.92 Å². The zero-order valence-corrected chi connectivity index (χ0v) is 20.7. The average molecular weight is 504 g/mol. The molecule has 2 fully saturated rings. The fourth-order valence-corrected chi connectivity index (χ4v) is 5.23. The Hall–Kier alpha value is -2.92. The second kappa shape index (κ2) is 9.19. The van der Waals surface area contributed by atoms with Gasteiger partial charge in [-0.25, -0.2) is 4.68 Å². The third kappa shape index (κ3) is 4.99. The minimum Gasteiger partial charge on any atom is -0.390 e. The molecule has 4 heterocycles. The van der Waals surface area contributed by atoms with E-state index < -0.39 is 17.3 Å². The van der Waals surface area contributed by atoms with Crippen molar-refractivity contribution in [1.29, 1.82) is 0 Å². The first-order valence-electron chi connectivity index (χ1n) is 12.4. The van der Waals surface area contributed by atoms with Crippen LogP contribution in [0.5, 0.6) is 0 Å². The molecule has 8 nitrogen and oxygen atoms in total. The summed E-state index contributed by atoms with van der Waals surface area (Å²) in [6.07, 6.45) is -0.299. The van der Waals surface area contributed by atoms with Gasteiger partial charge in [0.2, 0.25) is 5.95 Å². The number of hydrogen-bond donors (Lipinski definition) is 3.